The Hall–Kier alpha value is -4.14. The van der Waals surface area contributed by atoms with Crippen LogP contribution in [0.2, 0.25) is 0 Å². The Balaban J connectivity index is 1.55. The van der Waals surface area contributed by atoms with Gasteiger partial charge >= 0.3 is 5.97 Å². The van der Waals surface area contributed by atoms with Gasteiger partial charge in [-0.05, 0) is 43.9 Å². The van der Waals surface area contributed by atoms with Crippen molar-refractivity contribution in [3.8, 4) is 34.6 Å². The van der Waals surface area contributed by atoms with Crippen molar-refractivity contribution in [1.29, 1.82) is 0 Å². The topological polar surface area (TPSA) is 101 Å². The number of hydrogen-bond acceptors (Lipinski definition) is 9. The quantitative estimate of drug-likeness (QED) is 0.375. The van der Waals surface area contributed by atoms with Crippen LogP contribution < -0.4 is 18.9 Å². The highest BCUT2D eigenvalue weighted by molar-refractivity contribution is 6.15. The standard InChI is InChI=1S/C30H33N3O6/c1-6-38-26-14-21-22-13-20(39-17(2)34)11-12-24(22)31-29(23(21)15-25(26)35-3)18-7-9-19(10-8-18)30-32-27(36-4)16-28(33-30)37-5/h7-10,14-16,20,22,24H,6,11-13H2,1-5H3. The van der Waals surface area contributed by atoms with Gasteiger partial charge in [-0.3, -0.25) is 9.79 Å². The Morgan fingerprint density at radius 3 is 2.21 bits per heavy atom. The van der Waals surface area contributed by atoms with Gasteiger partial charge in [-0.1, -0.05) is 24.3 Å². The Morgan fingerprint density at radius 2 is 1.59 bits per heavy atom. The van der Waals surface area contributed by atoms with Crippen LogP contribution in [0.25, 0.3) is 11.4 Å². The first-order valence-corrected chi connectivity index (χ1v) is 13.1. The first-order chi connectivity index (χ1) is 18.9. The van der Waals surface area contributed by atoms with Crippen LogP contribution in [-0.2, 0) is 9.53 Å². The highest BCUT2D eigenvalue weighted by Gasteiger charge is 2.38. The maximum atomic E-state index is 11.7. The lowest BCUT2D eigenvalue weighted by Gasteiger charge is -2.38. The summed E-state index contributed by atoms with van der Waals surface area (Å²) in [5.74, 6) is 2.59. The van der Waals surface area contributed by atoms with Gasteiger partial charge in [-0.2, -0.15) is 9.97 Å². The van der Waals surface area contributed by atoms with Gasteiger partial charge in [-0.15, -0.1) is 0 Å². The van der Waals surface area contributed by atoms with Crippen molar-refractivity contribution in [2.45, 2.75) is 51.2 Å². The molecule has 0 spiro atoms. The Bertz CT molecular complexity index is 1370. The second-order valence-electron chi connectivity index (χ2n) is 9.57. The molecule has 3 aromatic rings. The summed E-state index contributed by atoms with van der Waals surface area (Å²) in [4.78, 5) is 25.9. The maximum absolute atomic E-state index is 11.7. The van der Waals surface area contributed by atoms with Crippen LogP contribution in [0.5, 0.6) is 23.3 Å². The van der Waals surface area contributed by atoms with Crippen molar-refractivity contribution >= 4 is 11.7 Å². The molecule has 3 atom stereocenters. The molecule has 3 unspecified atom stereocenters. The molecule has 1 aromatic heterocycles. The molecule has 9 heteroatoms. The lowest BCUT2D eigenvalue weighted by molar-refractivity contribution is -0.148. The van der Waals surface area contributed by atoms with E-state index >= 15 is 0 Å². The molecule has 1 fully saturated rings. The molecule has 0 N–H and O–H groups in total. The predicted octanol–water partition coefficient (Wildman–Crippen LogP) is 4.99. The summed E-state index contributed by atoms with van der Waals surface area (Å²) in [5.41, 5.74) is 4.83. The van der Waals surface area contributed by atoms with Crippen LogP contribution in [0, 0.1) is 0 Å². The van der Waals surface area contributed by atoms with E-state index in [0.29, 0.717) is 35.7 Å². The average Bonchev–Trinajstić information content (AvgIpc) is 2.96. The summed E-state index contributed by atoms with van der Waals surface area (Å²) < 4.78 is 27.8. The molecule has 0 bridgehead atoms. The number of fused-ring (bicyclic) bond motifs is 3. The Labute approximate surface area is 228 Å². The zero-order valence-corrected chi connectivity index (χ0v) is 22.9. The number of aliphatic imine (C=N–C) groups is 1. The van der Waals surface area contributed by atoms with Gasteiger partial charge in [0, 0.05) is 29.5 Å². The average molecular weight is 532 g/mol. The lowest BCUT2D eigenvalue weighted by atomic mass is 9.74. The van der Waals surface area contributed by atoms with Gasteiger partial charge < -0.3 is 23.7 Å². The molecule has 2 aliphatic rings. The van der Waals surface area contributed by atoms with E-state index in [2.05, 4.69) is 16.0 Å². The third kappa shape index (κ3) is 5.39. The molecule has 39 heavy (non-hydrogen) atoms. The highest BCUT2D eigenvalue weighted by atomic mass is 16.5. The first kappa shape index (κ1) is 26.5. The number of benzene rings is 2. The van der Waals surface area contributed by atoms with Crippen LogP contribution >= 0.6 is 0 Å². The minimum absolute atomic E-state index is 0.0767. The predicted molar refractivity (Wildman–Crippen MR) is 146 cm³/mol. The number of ether oxygens (including phenoxy) is 5. The van der Waals surface area contributed by atoms with Gasteiger partial charge in [0.2, 0.25) is 11.8 Å². The number of methoxy groups -OCH3 is 3. The minimum atomic E-state index is -0.249. The van der Waals surface area contributed by atoms with Gasteiger partial charge in [0.1, 0.15) is 6.10 Å². The van der Waals surface area contributed by atoms with Crippen molar-refractivity contribution in [3.63, 3.8) is 0 Å². The molecule has 0 saturated heterocycles. The van der Waals surface area contributed by atoms with Crippen molar-refractivity contribution < 1.29 is 28.5 Å². The van der Waals surface area contributed by atoms with Gasteiger partial charge in [0.25, 0.3) is 0 Å². The van der Waals surface area contributed by atoms with E-state index in [9.17, 15) is 4.79 Å². The summed E-state index contributed by atoms with van der Waals surface area (Å²) in [5, 5.41) is 0. The van der Waals surface area contributed by atoms with Crippen molar-refractivity contribution in [2.24, 2.45) is 4.99 Å². The molecule has 1 saturated carbocycles. The number of rotatable bonds is 8. The fourth-order valence-electron chi connectivity index (χ4n) is 5.45. The van der Waals surface area contributed by atoms with E-state index in [1.165, 1.54) is 6.92 Å². The van der Waals surface area contributed by atoms with E-state index in [1.807, 2.05) is 37.3 Å². The molecule has 204 valence electrons. The minimum Gasteiger partial charge on any atom is -0.493 e. The SMILES string of the molecule is CCOc1cc2c(cc1OC)C(c1ccc(-c3nc(OC)cc(OC)n3)cc1)=NC1CCC(OC(C)=O)CC21. The highest BCUT2D eigenvalue weighted by Crippen LogP contribution is 2.45. The number of aromatic nitrogens is 2. The number of nitrogens with zero attached hydrogens (tertiary/aromatic N) is 3. The molecule has 1 aliphatic carbocycles. The van der Waals surface area contributed by atoms with Crippen LogP contribution in [-0.4, -0.2) is 61.7 Å². The molecule has 9 nitrogen and oxygen atoms in total. The molecule has 1 aliphatic heterocycles. The molecular formula is C30H33N3O6. The van der Waals surface area contributed by atoms with Gasteiger partial charge in [0.15, 0.2) is 17.3 Å². The number of carbonyl (C=O) groups excluding carboxylic acids is 1. The van der Waals surface area contributed by atoms with E-state index < -0.39 is 0 Å². The molecular weight excluding hydrogens is 498 g/mol. The van der Waals surface area contributed by atoms with E-state index in [-0.39, 0.29) is 24.0 Å². The Kier molecular flexibility index (Phi) is 7.67. The summed E-state index contributed by atoms with van der Waals surface area (Å²) in [6, 6.07) is 13.8. The summed E-state index contributed by atoms with van der Waals surface area (Å²) >= 11 is 0. The van der Waals surface area contributed by atoms with E-state index in [0.717, 1.165) is 47.2 Å². The third-order valence-corrected chi connectivity index (χ3v) is 7.20. The van der Waals surface area contributed by atoms with Crippen molar-refractivity contribution in [3.05, 3.63) is 59.2 Å². The Morgan fingerprint density at radius 1 is 0.897 bits per heavy atom. The summed E-state index contributed by atoms with van der Waals surface area (Å²) in [6.45, 7) is 3.94. The van der Waals surface area contributed by atoms with Crippen molar-refractivity contribution in [1.82, 2.24) is 9.97 Å². The number of hydrogen-bond donors (Lipinski definition) is 0. The molecule has 2 aromatic carbocycles. The van der Waals surface area contributed by atoms with Crippen molar-refractivity contribution in [2.75, 3.05) is 27.9 Å². The zero-order chi connectivity index (χ0) is 27.5. The molecule has 2 heterocycles. The second-order valence-corrected chi connectivity index (χ2v) is 9.57. The van der Waals surface area contributed by atoms with Crippen LogP contribution in [0.4, 0.5) is 0 Å². The normalized spacial score (nSPS) is 19.7. The molecule has 5 rings (SSSR count). The van der Waals surface area contributed by atoms with E-state index in [1.54, 1.807) is 27.4 Å². The summed E-state index contributed by atoms with van der Waals surface area (Å²) in [7, 11) is 4.76. The van der Waals surface area contributed by atoms with Gasteiger partial charge in [0.05, 0.1) is 45.8 Å². The van der Waals surface area contributed by atoms with E-state index in [4.69, 9.17) is 28.7 Å². The number of carbonyl (C=O) groups is 1. The molecule has 0 radical (unpaired) electrons. The third-order valence-electron chi connectivity index (χ3n) is 7.20. The maximum Gasteiger partial charge on any atom is 0.302 e. The van der Waals surface area contributed by atoms with Crippen LogP contribution in [0.1, 0.15) is 55.7 Å². The monoisotopic (exact) mass is 531 g/mol. The lowest BCUT2D eigenvalue weighted by Crippen LogP contribution is -2.36. The largest absolute Gasteiger partial charge is 0.493 e. The number of esters is 1. The first-order valence-electron chi connectivity index (χ1n) is 13.1. The fourth-order valence-corrected chi connectivity index (χ4v) is 5.45. The van der Waals surface area contributed by atoms with Crippen LogP contribution in [0.3, 0.4) is 0 Å². The van der Waals surface area contributed by atoms with Crippen LogP contribution in [0.15, 0.2) is 47.5 Å². The fraction of sp³-hybridized carbons (Fsp3) is 0.400. The zero-order valence-electron chi connectivity index (χ0n) is 22.9. The molecule has 0 amide bonds. The van der Waals surface area contributed by atoms with Gasteiger partial charge in [-0.25, -0.2) is 0 Å². The smallest absolute Gasteiger partial charge is 0.302 e. The summed E-state index contributed by atoms with van der Waals surface area (Å²) in [6.07, 6.45) is 2.22. The second kappa shape index (κ2) is 11.3.